The summed E-state index contributed by atoms with van der Waals surface area (Å²) >= 11 is 2.92. The molecule has 2 heterocycles. The van der Waals surface area contributed by atoms with Gasteiger partial charge in [0.2, 0.25) is 10.0 Å². The number of halogens is 1. The lowest BCUT2D eigenvalue weighted by atomic mass is 10.3. The van der Waals surface area contributed by atoms with Gasteiger partial charge < -0.3 is 9.64 Å². The highest BCUT2D eigenvalue weighted by atomic mass is 79.9. The Morgan fingerprint density at radius 3 is 2.68 bits per heavy atom. The van der Waals surface area contributed by atoms with Gasteiger partial charge in [-0.3, -0.25) is 0 Å². The number of aromatic nitrogens is 1. The number of hydrogen-bond acceptors (Lipinski definition) is 5. The number of sulfonamides is 1. The van der Waals surface area contributed by atoms with Crippen LogP contribution in [-0.4, -0.2) is 44.4 Å². The van der Waals surface area contributed by atoms with Crippen LogP contribution in [0.5, 0.6) is 0 Å². The minimum Gasteiger partial charge on any atom is -0.378 e. The van der Waals surface area contributed by atoms with E-state index in [-0.39, 0.29) is 11.2 Å². The van der Waals surface area contributed by atoms with E-state index >= 15 is 0 Å². The molecule has 0 bridgehead atoms. The number of alkyl halides is 1. The summed E-state index contributed by atoms with van der Waals surface area (Å²) < 4.78 is 30.2. The predicted octanol–water partition coefficient (Wildman–Crippen LogP) is 0.690. The molecular weight excluding hydrogens is 334 g/mol. The first-order chi connectivity index (χ1) is 9.11. The Labute approximate surface area is 121 Å². The fourth-order valence-corrected chi connectivity index (χ4v) is 2.68. The third kappa shape index (κ3) is 4.41. The van der Waals surface area contributed by atoms with Gasteiger partial charge in [-0.25, -0.2) is 18.1 Å². The number of rotatable bonds is 5. The second-order valence-electron chi connectivity index (χ2n) is 4.17. The van der Waals surface area contributed by atoms with Crippen LogP contribution in [0.2, 0.25) is 0 Å². The molecule has 106 valence electrons. The van der Waals surface area contributed by atoms with Crippen LogP contribution in [0.1, 0.15) is 5.56 Å². The van der Waals surface area contributed by atoms with Crippen molar-refractivity contribution in [1.82, 2.24) is 9.71 Å². The molecule has 0 amide bonds. The third-order valence-electron chi connectivity index (χ3n) is 2.78. The molecule has 1 fully saturated rings. The van der Waals surface area contributed by atoms with Gasteiger partial charge in [-0.15, -0.1) is 0 Å². The second kappa shape index (κ2) is 6.65. The molecule has 2 rings (SSSR count). The topological polar surface area (TPSA) is 71.5 Å². The number of anilines is 1. The van der Waals surface area contributed by atoms with Gasteiger partial charge in [0.05, 0.1) is 13.2 Å². The molecule has 6 nitrogen and oxygen atoms in total. The zero-order valence-corrected chi connectivity index (χ0v) is 12.8. The summed E-state index contributed by atoms with van der Waals surface area (Å²) in [4.78, 5) is 6.50. The summed E-state index contributed by atoms with van der Waals surface area (Å²) in [5, 5.41) is 0. The monoisotopic (exact) mass is 349 g/mol. The maximum absolute atomic E-state index is 11.3. The fraction of sp³-hybridized carbons (Fsp3) is 0.545. The predicted molar refractivity (Wildman–Crippen MR) is 76.8 cm³/mol. The molecule has 0 radical (unpaired) electrons. The van der Waals surface area contributed by atoms with E-state index in [2.05, 4.69) is 30.5 Å². The van der Waals surface area contributed by atoms with Gasteiger partial charge in [-0.2, -0.15) is 0 Å². The highest BCUT2D eigenvalue weighted by Crippen LogP contribution is 2.13. The normalized spacial score (nSPS) is 16.6. The molecule has 1 aromatic rings. The Morgan fingerprint density at radius 1 is 1.37 bits per heavy atom. The number of ether oxygens (including phenoxy) is 1. The van der Waals surface area contributed by atoms with Crippen molar-refractivity contribution < 1.29 is 13.2 Å². The van der Waals surface area contributed by atoms with Crippen LogP contribution < -0.4 is 9.62 Å². The maximum Gasteiger partial charge on any atom is 0.221 e. The molecule has 0 aliphatic carbocycles. The molecular formula is C11H16BrN3O3S. The van der Waals surface area contributed by atoms with Gasteiger partial charge >= 0.3 is 0 Å². The Hall–Kier alpha value is -0.700. The zero-order chi connectivity index (χ0) is 13.7. The molecule has 1 aliphatic heterocycles. The van der Waals surface area contributed by atoms with Crippen LogP contribution in [0.15, 0.2) is 18.3 Å². The van der Waals surface area contributed by atoms with Crippen molar-refractivity contribution in [3.8, 4) is 0 Å². The first-order valence-electron chi connectivity index (χ1n) is 5.92. The van der Waals surface area contributed by atoms with Gasteiger partial charge in [-0.05, 0) is 11.6 Å². The Bertz CT molecular complexity index is 500. The molecule has 19 heavy (non-hydrogen) atoms. The lowest BCUT2D eigenvalue weighted by Gasteiger charge is -2.27. The summed E-state index contributed by atoms with van der Waals surface area (Å²) in [6, 6.07) is 3.79. The van der Waals surface area contributed by atoms with Crippen molar-refractivity contribution in [3.63, 3.8) is 0 Å². The Kier molecular flexibility index (Phi) is 5.14. The van der Waals surface area contributed by atoms with Crippen molar-refractivity contribution in [2.24, 2.45) is 0 Å². The van der Waals surface area contributed by atoms with Crippen molar-refractivity contribution in [2.75, 3.05) is 35.9 Å². The fourth-order valence-electron chi connectivity index (χ4n) is 1.73. The molecule has 0 saturated carbocycles. The zero-order valence-electron chi connectivity index (χ0n) is 10.4. The van der Waals surface area contributed by atoms with Crippen LogP contribution in [-0.2, 0) is 21.3 Å². The van der Waals surface area contributed by atoms with Crippen LogP contribution in [0.3, 0.4) is 0 Å². The molecule has 0 spiro atoms. The van der Waals surface area contributed by atoms with E-state index in [0.29, 0.717) is 13.2 Å². The molecule has 8 heteroatoms. The van der Waals surface area contributed by atoms with E-state index in [9.17, 15) is 8.42 Å². The molecule has 0 aromatic carbocycles. The molecule has 0 unspecified atom stereocenters. The lowest BCUT2D eigenvalue weighted by molar-refractivity contribution is 0.122. The average molecular weight is 350 g/mol. The number of nitrogens with one attached hydrogen (secondary N) is 1. The summed E-state index contributed by atoms with van der Waals surface area (Å²) in [6.45, 7) is 3.36. The summed E-state index contributed by atoms with van der Waals surface area (Å²) in [5.41, 5.74) is 0.835. The molecule has 1 aliphatic rings. The van der Waals surface area contributed by atoms with Crippen molar-refractivity contribution >= 4 is 31.8 Å². The molecule has 1 saturated heterocycles. The first-order valence-corrected chi connectivity index (χ1v) is 8.69. The quantitative estimate of drug-likeness (QED) is 0.792. The highest BCUT2D eigenvalue weighted by molar-refractivity contribution is 9.10. The standard InChI is InChI=1S/C11H16BrN3O3S/c12-9-19(16,17)14-8-10-1-2-11(13-7-10)15-3-5-18-6-4-15/h1-2,7,14H,3-6,8-9H2. The largest absolute Gasteiger partial charge is 0.378 e. The molecule has 1 aromatic heterocycles. The summed E-state index contributed by atoms with van der Waals surface area (Å²) in [6.07, 6.45) is 1.70. The van der Waals surface area contributed by atoms with Gasteiger partial charge in [0.25, 0.3) is 0 Å². The van der Waals surface area contributed by atoms with Crippen molar-refractivity contribution in [3.05, 3.63) is 23.9 Å². The van der Waals surface area contributed by atoms with Gasteiger partial charge in [0.1, 0.15) is 10.5 Å². The van der Waals surface area contributed by atoms with Crippen LogP contribution in [0.4, 0.5) is 5.82 Å². The minimum absolute atomic E-state index is 0.0979. The lowest BCUT2D eigenvalue weighted by Crippen LogP contribution is -2.36. The van der Waals surface area contributed by atoms with E-state index < -0.39 is 10.0 Å². The number of morpholine rings is 1. The van der Waals surface area contributed by atoms with Crippen molar-refractivity contribution in [1.29, 1.82) is 0 Å². The molecule has 0 atom stereocenters. The SMILES string of the molecule is O=S(=O)(CBr)NCc1ccc(N2CCOCC2)nc1. The van der Waals surface area contributed by atoms with Gasteiger partial charge in [0, 0.05) is 25.8 Å². The summed E-state index contributed by atoms with van der Waals surface area (Å²) in [7, 11) is -3.24. The van der Waals surface area contributed by atoms with E-state index in [1.807, 2.05) is 12.1 Å². The number of hydrogen-bond donors (Lipinski definition) is 1. The first kappa shape index (κ1) is 14.7. The van der Waals surface area contributed by atoms with Crippen molar-refractivity contribution in [2.45, 2.75) is 6.54 Å². The summed E-state index contributed by atoms with van der Waals surface area (Å²) in [5.74, 6) is 0.899. The number of nitrogens with zero attached hydrogens (tertiary/aromatic N) is 2. The minimum atomic E-state index is -3.24. The Morgan fingerprint density at radius 2 is 2.11 bits per heavy atom. The third-order valence-corrected chi connectivity index (χ3v) is 5.46. The van der Waals surface area contributed by atoms with E-state index in [1.54, 1.807) is 6.20 Å². The van der Waals surface area contributed by atoms with Crippen LogP contribution in [0.25, 0.3) is 0 Å². The van der Waals surface area contributed by atoms with E-state index in [4.69, 9.17) is 4.74 Å². The smallest absolute Gasteiger partial charge is 0.221 e. The van der Waals surface area contributed by atoms with Crippen LogP contribution >= 0.6 is 15.9 Å². The number of pyridine rings is 1. The van der Waals surface area contributed by atoms with E-state index in [1.165, 1.54) is 0 Å². The highest BCUT2D eigenvalue weighted by Gasteiger charge is 2.12. The average Bonchev–Trinajstić information content (AvgIpc) is 2.47. The molecule has 1 N–H and O–H groups in total. The van der Waals surface area contributed by atoms with Gasteiger partial charge in [-0.1, -0.05) is 22.0 Å². The van der Waals surface area contributed by atoms with Crippen LogP contribution in [0, 0.1) is 0 Å². The maximum atomic E-state index is 11.3. The second-order valence-corrected chi connectivity index (χ2v) is 7.28. The van der Waals surface area contributed by atoms with E-state index in [0.717, 1.165) is 24.5 Å². The Balaban J connectivity index is 1.94. The van der Waals surface area contributed by atoms with Gasteiger partial charge in [0.15, 0.2) is 0 Å².